The van der Waals surface area contributed by atoms with E-state index in [0.717, 1.165) is 47.8 Å². The molecular weight excluding hydrogens is 370 g/mol. The van der Waals surface area contributed by atoms with Crippen LogP contribution in [-0.4, -0.2) is 45.3 Å². The molecule has 2 aliphatic rings. The molecule has 1 amide bonds. The summed E-state index contributed by atoms with van der Waals surface area (Å²) in [5.74, 6) is 2.95. The lowest BCUT2D eigenvalue weighted by molar-refractivity contribution is -0.138. The van der Waals surface area contributed by atoms with Gasteiger partial charge >= 0.3 is 0 Å². The van der Waals surface area contributed by atoms with Crippen LogP contribution < -0.4 is 18.9 Å². The van der Waals surface area contributed by atoms with Crippen LogP contribution in [0.2, 0.25) is 0 Å². The van der Waals surface area contributed by atoms with Crippen molar-refractivity contribution in [2.24, 2.45) is 5.92 Å². The fourth-order valence-electron chi connectivity index (χ4n) is 4.40. The molecule has 0 radical (unpaired) electrons. The van der Waals surface area contributed by atoms with Gasteiger partial charge in [0.15, 0.2) is 11.5 Å². The summed E-state index contributed by atoms with van der Waals surface area (Å²) < 4.78 is 22.3. The molecule has 29 heavy (non-hydrogen) atoms. The number of ether oxygens (including phenoxy) is 4. The molecule has 2 atom stereocenters. The number of carbonyl (C=O) groups excluding carboxylic acids is 1. The van der Waals surface area contributed by atoms with Crippen LogP contribution in [0.4, 0.5) is 0 Å². The number of hydrogen-bond acceptors (Lipinski definition) is 5. The Morgan fingerprint density at radius 1 is 1.07 bits per heavy atom. The summed E-state index contributed by atoms with van der Waals surface area (Å²) in [7, 11) is 4.94. The standard InChI is InChI=1S/C23H27NO5/c1-26-17-9-10-20(27-2)18(13-17)19-7-5-11-24(19)23(25)16-12-15-6-4-8-21(28-3)22(15)29-14-16/h4,6,8-10,13,16,19H,5,7,11-12,14H2,1-3H3/t16-,19+/m0/s1. The molecule has 154 valence electrons. The van der Waals surface area contributed by atoms with Gasteiger partial charge in [0.25, 0.3) is 0 Å². The van der Waals surface area contributed by atoms with Crippen molar-refractivity contribution in [3.8, 4) is 23.0 Å². The Bertz CT molecular complexity index is 897. The van der Waals surface area contributed by atoms with Gasteiger partial charge in [0.1, 0.15) is 18.1 Å². The van der Waals surface area contributed by atoms with E-state index in [4.69, 9.17) is 18.9 Å². The van der Waals surface area contributed by atoms with Crippen molar-refractivity contribution in [1.82, 2.24) is 4.90 Å². The monoisotopic (exact) mass is 397 g/mol. The summed E-state index contributed by atoms with van der Waals surface area (Å²) in [6, 6.07) is 11.6. The van der Waals surface area contributed by atoms with Gasteiger partial charge in [0.05, 0.1) is 33.3 Å². The SMILES string of the molecule is COc1ccc(OC)c([C@H]2CCCN2C(=O)[C@@H]2COc3c(cccc3OC)C2)c1. The van der Waals surface area contributed by atoms with Gasteiger partial charge in [-0.3, -0.25) is 4.79 Å². The third-order valence-electron chi connectivity index (χ3n) is 5.86. The number of fused-ring (bicyclic) bond motifs is 1. The number of rotatable bonds is 5. The van der Waals surface area contributed by atoms with Crippen molar-refractivity contribution >= 4 is 5.91 Å². The Balaban J connectivity index is 1.57. The molecular formula is C23H27NO5. The molecule has 1 saturated heterocycles. The highest BCUT2D eigenvalue weighted by Crippen LogP contribution is 2.41. The third-order valence-corrected chi connectivity index (χ3v) is 5.86. The Hall–Kier alpha value is -2.89. The first kappa shape index (κ1) is 19.4. The maximum atomic E-state index is 13.4. The molecule has 0 saturated carbocycles. The van der Waals surface area contributed by atoms with E-state index < -0.39 is 0 Å². The number of likely N-dealkylation sites (tertiary alicyclic amines) is 1. The first-order valence-corrected chi connectivity index (χ1v) is 9.97. The normalized spacial score (nSPS) is 20.6. The Morgan fingerprint density at radius 2 is 1.90 bits per heavy atom. The van der Waals surface area contributed by atoms with Crippen molar-refractivity contribution < 1.29 is 23.7 Å². The zero-order valence-electron chi connectivity index (χ0n) is 17.1. The Kier molecular flexibility index (Phi) is 5.51. The van der Waals surface area contributed by atoms with Gasteiger partial charge in [-0.15, -0.1) is 0 Å². The van der Waals surface area contributed by atoms with Gasteiger partial charge in [-0.05, 0) is 49.1 Å². The third kappa shape index (κ3) is 3.59. The molecule has 0 unspecified atom stereocenters. The molecule has 0 aromatic heterocycles. The minimum absolute atomic E-state index is 0.0146. The highest BCUT2D eigenvalue weighted by molar-refractivity contribution is 5.81. The van der Waals surface area contributed by atoms with E-state index in [1.54, 1.807) is 21.3 Å². The number of hydrogen-bond donors (Lipinski definition) is 0. The molecule has 2 aromatic carbocycles. The van der Waals surface area contributed by atoms with Gasteiger partial charge in [-0.1, -0.05) is 12.1 Å². The van der Waals surface area contributed by atoms with Crippen LogP contribution in [0.1, 0.15) is 30.0 Å². The van der Waals surface area contributed by atoms with Crippen molar-refractivity contribution in [3.63, 3.8) is 0 Å². The molecule has 0 bridgehead atoms. The summed E-state index contributed by atoms with van der Waals surface area (Å²) in [4.78, 5) is 15.4. The van der Waals surface area contributed by atoms with Crippen LogP contribution in [-0.2, 0) is 11.2 Å². The zero-order chi connectivity index (χ0) is 20.4. The van der Waals surface area contributed by atoms with Crippen molar-refractivity contribution in [1.29, 1.82) is 0 Å². The fourth-order valence-corrected chi connectivity index (χ4v) is 4.40. The maximum Gasteiger partial charge on any atom is 0.229 e. The first-order chi connectivity index (χ1) is 14.2. The summed E-state index contributed by atoms with van der Waals surface area (Å²) in [6.07, 6.45) is 2.53. The smallest absolute Gasteiger partial charge is 0.229 e. The van der Waals surface area contributed by atoms with Crippen LogP contribution in [0, 0.1) is 5.92 Å². The number of carbonyl (C=O) groups is 1. The lowest BCUT2D eigenvalue weighted by Gasteiger charge is -2.32. The van der Waals surface area contributed by atoms with Gasteiger partial charge in [-0.25, -0.2) is 0 Å². The topological polar surface area (TPSA) is 57.2 Å². The van der Waals surface area contributed by atoms with E-state index in [-0.39, 0.29) is 17.9 Å². The van der Waals surface area contributed by atoms with E-state index in [2.05, 4.69) is 0 Å². The van der Waals surface area contributed by atoms with Crippen molar-refractivity contribution in [2.75, 3.05) is 34.5 Å². The number of benzene rings is 2. The first-order valence-electron chi connectivity index (χ1n) is 9.97. The van der Waals surface area contributed by atoms with Crippen LogP contribution in [0.25, 0.3) is 0 Å². The van der Waals surface area contributed by atoms with Crippen molar-refractivity contribution in [2.45, 2.75) is 25.3 Å². The summed E-state index contributed by atoms with van der Waals surface area (Å²) in [5, 5.41) is 0. The molecule has 0 N–H and O–H groups in total. The van der Waals surface area contributed by atoms with E-state index in [1.165, 1.54) is 0 Å². The molecule has 6 heteroatoms. The minimum atomic E-state index is -0.202. The number of para-hydroxylation sites is 1. The highest BCUT2D eigenvalue weighted by Gasteiger charge is 2.37. The van der Waals surface area contributed by atoms with Gasteiger partial charge in [0, 0.05) is 12.1 Å². The van der Waals surface area contributed by atoms with E-state index in [0.29, 0.717) is 18.8 Å². The van der Waals surface area contributed by atoms with Crippen LogP contribution in [0.15, 0.2) is 36.4 Å². The van der Waals surface area contributed by atoms with Crippen LogP contribution in [0.5, 0.6) is 23.0 Å². The predicted molar refractivity (Wildman–Crippen MR) is 109 cm³/mol. The van der Waals surface area contributed by atoms with E-state index in [9.17, 15) is 4.79 Å². The zero-order valence-corrected chi connectivity index (χ0v) is 17.1. The van der Waals surface area contributed by atoms with Crippen LogP contribution in [0.3, 0.4) is 0 Å². The Morgan fingerprint density at radius 3 is 2.66 bits per heavy atom. The minimum Gasteiger partial charge on any atom is -0.497 e. The Labute approximate surface area is 171 Å². The van der Waals surface area contributed by atoms with E-state index >= 15 is 0 Å². The largest absolute Gasteiger partial charge is 0.497 e. The van der Waals surface area contributed by atoms with Gasteiger partial charge in [-0.2, -0.15) is 0 Å². The molecule has 1 fully saturated rings. The predicted octanol–water partition coefficient (Wildman–Crippen LogP) is 3.63. The van der Waals surface area contributed by atoms with Gasteiger partial charge < -0.3 is 23.8 Å². The summed E-state index contributed by atoms with van der Waals surface area (Å²) in [5.41, 5.74) is 2.01. The molecule has 2 aliphatic heterocycles. The molecule has 2 heterocycles. The average Bonchev–Trinajstić information content (AvgIpc) is 3.26. The second-order valence-corrected chi connectivity index (χ2v) is 7.46. The lowest BCUT2D eigenvalue weighted by Crippen LogP contribution is -2.40. The van der Waals surface area contributed by atoms with Gasteiger partial charge in [0.2, 0.25) is 5.91 Å². The molecule has 4 rings (SSSR count). The molecule has 0 aliphatic carbocycles. The summed E-state index contributed by atoms with van der Waals surface area (Å²) in [6.45, 7) is 1.11. The quantitative estimate of drug-likeness (QED) is 0.771. The molecule has 6 nitrogen and oxygen atoms in total. The number of methoxy groups -OCH3 is 3. The second kappa shape index (κ2) is 8.23. The molecule has 0 spiro atoms. The maximum absolute atomic E-state index is 13.4. The number of amides is 1. The van der Waals surface area contributed by atoms with Crippen molar-refractivity contribution in [3.05, 3.63) is 47.5 Å². The summed E-state index contributed by atoms with van der Waals surface area (Å²) >= 11 is 0. The van der Waals surface area contributed by atoms with Crippen LogP contribution >= 0.6 is 0 Å². The fraction of sp³-hybridized carbons (Fsp3) is 0.435. The molecule has 2 aromatic rings. The average molecular weight is 397 g/mol. The second-order valence-electron chi connectivity index (χ2n) is 7.46. The lowest BCUT2D eigenvalue weighted by atomic mass is 9.94. The number of nitrogens with zero attached hydrogens (tertiary/aromatic N) is 1. The highest BCUT2D eigenvalue weighted by atomic mass is 16.5. The van der Waals surface area contributed by atoms with E-state index in [1.807, 2.05) is 41.3 Å².